The number of nitrogens with one attached hydrogen (secondary N) is 1. The summed E-state index contributed by atoms with van der Waals surface area (Å²) >= 11 is 6.14. The lowest BCUT2D eigenvalue weighted by atomic mass is 9.97. The SMILES string of the molecule is O=C(N[C@H](Cc1ccc(-c2cccc(Cl)c2)cc1)C[C@@H](O)C(=O)OCc1ccccc1)c1cc(O)n(-c2ccccn2)n1. The van der Waals surface area contributed by atoms with Gasteiger partial charge >= 0.3 is 5.97 Å². The van der Waals surface area contributed by atoms with E-state index in [1.165, 1.54) is 6.07 Å². The Morgan fingerprint density at radius 3 is 2.37 bits per heavy atom. The number of esters is 1. The number of aliphatic hydroxyl groups is 1. The number of rotatable bonds is 11. The Morgan fingerprint density at radius 1 is 0.884 bits per heavy atom. The highest BCUT2D eigenvalue weighted by Gasteiger charge is 2.26. The summed E-state index contributed by atoms with van der Waals surface area (Å²) in [4.78, 5) is 30.0. The van der Waals surface area contributed by atoms with Gasteiger partial charge in [0.1, 0.15) is 6.61 Å². The average molecular weight is 597 g/mol. The van der Waals surface area contributed by atoms with Crippen LogP contribution in [-0.2, 0) is 22.6 Å². The van der Waals surface area contributed by atoms with E-state index in [2.05, 4.69) is 15.4 Å². The van der Waals surface area contributed by atoms with Crippen molar-refractivity contribution in [3.8, 4) is 22.8 Å². The molecular weight excluding hydrogens is 568 g/mol. The second kappa shape index (κ2) is 13.8. The predicted molar refractivity (Wildman–Crippen MR) is 162 cm³/mol. The van der Waals surface area contributed by atoms with Crippen molar-refractivity contribution >= 4 is 23.5 Å². The number of amides is 1. The smallest absolute Gasteiger partial charge is 0.335 e. The predicted octanol–water partition coefficient (Wildman–Crippen LogP) is 5.13. The maximum Gasteiger partial charge on any atom is 0.335 e. The Kier molecular flexibility index (Phi) is 9.46. The largest absolute Gasteiger partial charge is 0.493 e. The number of hydrogen-bond acceptors (Lipinski definition) is 7. The van der Waals surface area contributed by atoms with Crippen molar-refractivity contribution in [3.05, 3.63) is 131 Å². The number of carbonyl (C=O) groups excluding carboxylic acids is 2. The highest BCUT2D eigenvalue weighted by Crippen LogP contribution is 2.24. The molecule has 2 heterocycles. The lowest BCUT2D eigenvalue weighted by molar-refractivity contribution is -0.155. The molecule has 5 rings (SSSR count). The monoisotopic (exact) mass is 596 g/mol. The molecule has 0 aliphatic rings. The summed E-state index contributed by atoms with van der Waals surface area (Å²) in [5, 5.41) is 28.8. The molecule has 10 heteroatoms. The molecule has 3 aromatic carbocycles. The first kappa shape index (κ1) is 29.5. The minimum Gasteiger partial charge on any atom is -0.493 e. The molecule has 3 N–H and O–H groups in total. The molecule has 0 saturated heterocycles. The minimum atomic E-state index is -1.49. The van der Waals surface area contributed by atoms with E-state index in [-0.39, 0.29) is 24.6 Å². The molecule has 0 saturated carbocycles. The van der Waals surface area contributed by atoms with E-state index in [4.69, 9.17) is 16.3 Å². The fourth-order valence-corrected chi connectivity index (χ4v) is 4.75. The number of carbonyl (C=O) groups is 2. The number of hydrogen-bond donors (Lipinski definition) is 3. The number of aromatic hydroxyl groups is 1. The maximum atomic E-state index is 13.2. The van der Waals surface area contributed by atoms with Crippen molar-refractivity contribution in [3.63, 3.8) is 0 Å². The molecular formula is C33H29ClN4O5. The van der Waals surface area contributed by atoms with Crippen LogP contribution in [0.5, 0.6) is 5.88 Å². The van der Waals surface area contributed by atoms with E-state index in [0.29, 0.717) is 17.3 Å². The molecule has 2 atom stereocenters. The fraction of sp³-hybridized carbons (Fsp3) is 0.152. The summed E-state index contributed by atoms with van der Waals surface area (Å²) < 4.78 is 6.45. The van der Waals surface area contributed by atoms with Crippen LogP contribution in [-0.4, -0.2) is 49.0 Å². The number of ether oxygens (including phenoxy) is 1. The average Bonchev–Trinajstić information content (AvgIpc) is 3.42. The van der Waals surface area contributed by atoms with Crippen LogP contribution in [0.2, 0.25) is 5.02 Å². The van der Waals surface area contributed by atoms with Crippen LogP contribution in [0, 0.1) is 0 Å². The minimum absolute atomic E-state index is 0.0168. The third-order valence-electron chi connectivity index (χ3n) is 6.72. The highest BCUT2D eigenvalue weighted by molar-refractivity contribution is 6.30. The molecule has 43 heavy (non-hydrogen) atoms. The zero-order valence-electron chi connectivity index (χ0n) is 23.0. The van der Waals surface area contributed by atoms with Gasteiger partial charge < -0.3 is 20.3 Å². The molecule has 9 nitrogen and oxygen atoms in total. The van der Waals surface area contributed by atoms with E-state index in [9.17, 15) is 19.8 Å². The number of halogens is 1. The van der Waals surface area contributed by atoms with Gasteiger partial charge in [0.25, 0.3) is 5.91 Å². The Morgan fingerprint density at radius 2 is 1.65 bits per heavy atom. The third kappa shape index (κ3) is 7.85. The van der Waals surface area contributed by atoms with Crippen LogP contribution in [0.3, 0.4) is 0 Å². The van der Waals surface area contributed by atoms with Crippen molar-refractivity contribution in [1.82, 2.24) is 20.1 Å². The summed E-state index contributed by atoms with van der Waals surface area (Å²) in [6, 6.07) is 30.0. The number of benzene rings is 3. The number of nitrogens with zero attached hydrogens (tertiary/aromatic N) is 3. The first-order valence-electron chi connectivity index (χ1n) is 13.6. The van der Waals surface area contributed by atoms with E-state index < -0.39 is 24.0 Å². The molecule has 1 amide bonds. The molecule has 0 aliphatic heterocycles. The second-order valence-electron chi connectivity index (χ2n) is 9.91. The molecule has 5 aromatic rings. The maximum absolute atomic E-state index is 13.2. The lowest BCUT2D eigenvalue weighted by Crippen LogP contribution is -2.41. The quantitative estimate of drug-likeness (QED) is 0.180. The Labute approximate surface area is 253 Å². The van der Waals surface area contributed by atoms with Crippen molar-refractivity contribution < 1.29 is 24.5 Å². The zero-order chi connectivity index (χ0) is 30.2. The van der Waals surface area contributed by atoms with Crippen molar-refractivity contribution in [1.29, 1.82) is 0 Å². The molecule has 0 spiro atoms. The normalized spacial score (nSPS) is 12.3. The van der Waals surface area contributed by atoms with Gasteiger partial charge in [-0.3, -0.25) is 4.79 Å². The van der Waals surface area contributed by atoms with Crippen LogP contribution >= 0.6 is 11.6 Å². The van der Waals surface area contributed by atoms with Crippen molar-refractivity contribution in [2.45, 2.75) is 31.6 Å². The van der Waals surface area contributed by atoms with Gasteiger partial charge in [0.2, 0.25) is 5.88 Å². The zero-order valence-corrected chi connectivity index (χ0v) is 23.8. The van der Waals surface area contributed by atoms with E-state index in [1.807, 2.05) is 78.9 Å². The third-order valence-corrected chi connectivity index (χ3v) is 6.96. The van der Waals surface area contributed by atoms with Crippen LogP contribution < -0.4 is 5.32 Å². The highest BCUT2D eigenvalue weighted by atomic mass is 35.5. The second-order valence-corrected chi connectivity index (χ2v) is 10.4. The van der Waals surface area contributed by atoms with E-state index in [1.54, 1.807) is 24.4 Å². The summed E-state index contributed by atoms with van der Waals surface area (Å²) in [5.74, 6) is -1.31. The Balaban J connectivity index is 1.31. The van der Waals surface area contributed by atoms with Gasteiger partial charge in [-0.25, -0.2) is 9.78 Å². The topological polar surface area (TPSA) is 127 Å². The van der Waals surface area contributed by atoms with Crippen LogP contribution in [0.1, 0.15) is 28.0 Å². The molecule has 218 valence electrons. The first-order chi connectivity index (χ1) is 20.9. The van der Waals surface area contributed by atoms with Gasteiger partial charge in [-0.15, -0.1) is 0 Å². The van der Waals surface area contributed by atoms with Gasteiger partial charge in [0.15, 0.2) is 17.6 Å². The van der Waals surface area contributed by atoms with Crippen LogP contribution in [0.15, 0.2) is 109 Å². The summed E-state index contributed by atoms with van der Waals surface area (Å²) in [6.07, 6.45) is 0.251. The van der Waals surface area contributed by atoms with Gasteiger partial charge in [-0.1, -0.05) is 84.4 Å². The first-order valence-corrected chi connectivity index (χ1v) is 14.0. The van der Waals surface area contributed by atoms with Gasteiger partial charge in [0, 0.05) is 29.7 Å². The number of aliphatic hydroxyl groups excluding tert-OH is 1. The molecule has 0 radical (unpaired) electrons. The lowest BCUT2D eigenvalue weighted by Gasteiger charge is -2.21. The Bertz CT molecular complexity index is 1680. The van der Waals surface area contributed by atoms with Gasteiger partial charge in [-0.05, 0) is 52.9 Å². The van der Waals surface area contributed by atoms with Crippen LogP contribution in [0.4, 0.5) is 0 Å². The van der Waals surface area contributed by atoms with Crippen molar-refractivity contribution in [2.75, 3.05) is 0 Å². The number of pyridine rings is 1. The Hall–Kier alpha value is -4.99. The van der Waals surface area contributed by atoms with Gasteiger partial charge in [0.05, 0.1) is 0 Å². The number of aromatic nitrogens is 3. The summed E-state index contributed by atoms with van der Waals surface area (Å²) in [5.41, 5.74) is 3.53. The van der Waals surface area contributed by atoms with Crippen LogP contribution in [0.25, 0.3) is 16.9 Å². The van der Waals surface area contributed by atoms with E-state index >= 15 is 0 Å². The van der Waals surface area contributed by atoms with E-state index in [0.717, 1.165) is 26.9 Å². The molecule has 2 aromatic heterocycles. The van der Waals surface area contributed by atoms with Crippen molar-refractivity contribution in [2.24, 2.45) is 0 Å². The summed E-state index contributed by atoms with van der Waals surface area (Å²) in [6.45, 7) is 0.0168. The molecule has 0 fully saturated rings. The molecule has 0 aliphatic carbocycles. The molecule has 0 bridgehead atoms. The molecule has 0 unspecified atom stereocenters. The standard InChI is InChI=1S/C33H29ClN4O5/c34-26-10-6-9-25(18-26)24-14-12-22(13-15-24)17-27(19-29(39)33(42)43-21-23-7-2-1-3-8-23)36-32(41)28-20-31(40)38(37-28)30-11-4-5-16-35-30/h1-16,18,20,27,29,39-40H,17,19,21H2,(H,36,41)/t27-,29-/m1/s1. The van der Waals surface area contributed by atoms with Gasteiger partial charge in [-0.2, -0.15) is 9.78 Å². The fourth-order valence-electron chi connectivity index (χ4n) is 4.56. The summed E-state index contributed by atoms with van der Waals surface area (Å²) in [7, 11) is 0.